The van der Waals surface area contributed by atoms with E-state index in [2.05, 4.69) is 15.2 Å². The number of fused-ring (bicyclic) bond motifs is 1. The van der Waals surface area contributed by atoms with Gasteiger partial charge in [-0.25, -0.2) is 4.98 Å². The van der Waals surface area contributed by atoms with Crippen LogP contribution in [0.25, 0.3) is 5.65 Å². The third-order valence-corrected chi connectivity index (χ3v) is 3.42. The van der Waals surface area contributed by atoms with Crippen molar-refractivity contribution in [1.82, 2.24) is 9.38 Å². The number of azo groups is 1. The van der Waals surface area contributed by atoms with E-state index in [1.807, 2.05) is 25.1 Å². The van der Waals surface area contributed by atoms with Crippen molar-refractivity contribution >= 4 is 23.1 Å². The second kappa shape index (κ2) is 6.30. The highest BCUT2D eigenvalue weighted by Gasteiger charge is 2.15. The Balaban J connectivity index is 2.12. The third kappa shape index (κ3) is 2.98. The van der Waals surface area contributed by atoms with Crippen molar-refractivity contribution in [2.24, 2.45) is 10.2 Å². The monoisotopic (exact) mass is 319 g/mol. The van der Waals surface area contributed by atoms with E-state index in [-0.39, 0.29) is 6.42 Å². The fourth-order valence-electron chi connectivity index (χ4n) is 2.31. The van der Waals surface area contributed by atoms with Gasteiger partial charge in [0.1, 0.15) is 17.4 Å². The van der Waals surface area contributed by atoms with E-state index in [1.165, 1.54) is 0 Å². The second-order valence-electron chi connectivity index (χ2n) is 5.21. The summed E-state index contributed by atoms with van der Waals surface area (Å²) in [6, 6.07) is 12.6. The Morgan fingerprint density at radius 3 is 2.88 bits per heavy atom. The number of imidazole rings is 1. The lowest BCUT2D eigenvalue weighted by molar-refractivity contribution is -0.136. The minimum absolute atomic E-state index is 0.255. The molecule has 2 heterocycles. The molecule has 0 aliphatic rings. The molecule has 0 saturated carbocycles. The lowest BCUT2D eigenvalue weighted by Crippen LogP contribution is -2.00. The normalized spacial score (nSPS) is 11.0. The van der Waals surface area contributed by atoms with E-state index in [9.17, 15) is 4.79 Å². The number of hydrogen-bond acceptors (Lipinski definition) is 5. The Kier molecular flexibility index (Phi) is 4.03. The number of pyridine rings is 1. The van der Waals surface area contributed by atoms with Crippen LogP contribution < -0.4 is 0 Å². The first-order valence-corrected chi connectivity index (χ1v) is 7.18. The molecule has 0 fully saturated rings. The van der Waals surface area contributed by atoms with Crippen molar-refractivity contribution in [3.63, 3.8) is 0 Å². The van der Waals surface area contributed by atoms with Gasteiger partial charge in [0.25, 0.3) is 0 Å². The lowest BCUT2D eigenvalue weighted by Gasteiger charge is -1.99. The summed E-state index contributed by atoms with van der Waals surface area (Å²) in [4.78, 5) is 15.4. The third-order valence-electron chi connectivity index (χ3n) is 3.42. The highest BCUT2D eigenvalue weighted by atomic mass is 16.4. The molecule has 0 saturated heterocycles. The lowest BCUT2D eigenvalue weighted by atomic mass is 10.2. The van der Waals surface area contributed by atoms with Crippen LogP contribution in [-0.4, -0.2) is 20.5 Å². The molecule has 7 heteroatoms. The number of carboxylic acids is 1. The van der Waals surface area contributed by atoms with E-state index < -0.39 is 5.97 Å². The molecule has 24 heavy (non-hydrogen) atoms. The van der Waals surface area contributed by atoms with Crippen LogP contribution in [-0.2, 0) is 11.2 Å². The van der Waals surface area contributed by atoms with Gasteiger partial charge in [-0.05, 0) is 36.8 Å². The molecule has 0 aliphatic heterocycles. The molecular formula is C17H13N5O2. The van der Waals surface area contributed by atoms with Crippen molar-refractivity contribution in [2.75, 3.05) is 0 Å². The molecular weight excluding hydrogens is 306 g/mol. The molecule has 118 valence electrons. The van der Waals surface area contributed by atoms with Gasteiger partial charge in [0.05, 0.1) is 17.7 Å². The van der Waals surface area contributed by atoms with Gasteiger partial charge in [-0.2, -0.15) is 5.26 Å². The van der Waals surface area contributed by atoms with Crippen LogP contribution in [0.15, 0.2) is 52.8 Å². The SMILES string of the molecule is Cc1ccn2c(N=Nc3ccccc3C#N)c(CC(=O)O)nc2c1. The van der Waals surface area contributed by atoms with Crippen molar-refractivity contribution in [3.05, 3.63) is 59.4 Å². The van der Waals surface area contributed by atoms with Gasteiger partial charge in [-0.3, -0.25) is 9.20 Å². The first kappa shape index (κ1) is 15.4. The molecule has 7 nitrogen and oxygen atoms in total. The minimum atomic E-state index is -0.996. The standard InChI is InChI=1S/C17H13N5O2/c1-11-6-7-22-15(8-11)19-14(9-16(23)24)17(22)21-20-13-5-3-2-4-12(13)10-18/h2-8H,9H2,1H3,(H,23,24). The molecule has 0 unspecified atom stereocenters. The van der Waals surface area contributed by atoms with Gasteiger partial charge in [0.15, 0.2) is 5.82 Å². The Hall–Kier alpha value is -3.53. The highest BCUT2D eigenvalue weighted by molar-refractivity contribution is 5.72. The summed E-state index contributed by atoms with van der Waals surface area (Å²) >= 11 is 0. The van der Waals surface area contributed by atoms with E-state index >= 15 is 0 Å². The average Bonchev–Trinajstić information content (AvgIpc) is 2.88. The molecule has 1 N–H and O–H groups in total. The van der Waals surface area contributed by atoms with Gasteiger partial charge in [-0.1, -0.05) is 12.1 Å². The van der Waals surface area contributed by atoms with Crippen LogP contribution in [0.4, 0.5) is 11.5 Å². The Morgan fingerprint density at radius 1 is 1.33 bits per heavy atom. The van der Waals surface area contributed by atoms with Crippen LogP contribution in [0, 0.1) is 18.3 Å². The molecule has 1 aromatic carbocycles. The first-order chi connectivity index (χ1) is 11.6. The van der Waals surface area contributed by atoms with Crippen LogP contribution in [0.2, 0.25) is 0 Å². The molecule has 3 aromatic rings. The maximum atomic E-state index is 11.1. The summed E-state index contributed by atoms with van der Waals surface area (Å²) in [5.74, 6) is -0.649. The molecule has 2 aromatic heterocycles. The zero-order chi connectivity index (χ0) is 17.1. The van der Waals surface area contributed by atoms with Crippen LogP contribution in [0.1, 0.15) is 16.8 Å². The summed E-state index contributed by atoms with van der Waals surface area (Å²) in [5.41, 5.74) is 2.75. The zero-order valence-electron chi connectivity index (χ0n) is 12.8. The van der Waals surface area contributed by atoms with Crippen molar-refractivity contribution in [2.45, 2.75) is 13.3 Å². The quantitative estimate of drug-likeness (QED) is 0.742. The molecule has 0 radical (unpaired) electrons. The summed E-state index contributed by atoms with van der Waals surface area (Å²) < 4.78 is 1.68. The maximum absolute atomic E-state index is 11.1. The van der Waals surface area contributed by atoms with Crippen LogP contribution in [0.3, 0.4) is 0 Å². The highest BCUT2D eigenvalue weighted by Crippen LogP contribution is 2.26. The number of hydrogen-bond donors (Lipinski definition) is 1. The van der Waals surface area contributed by atoms with Gasteiger partial charge < -0.3 is 5.11 Å². The number of nitrogens with zero attached hydrogens (tertiary/aromatic N) is 5. The van der Waals surface area contributed by atoms with Crippen LogP contribution >= 0.6 is 0 Å². The molecule has 0 aliphatic carbocycles. The number of benzene rings is 1. The number of carbonyl (C=O) groups is 1. The minimum Gasteiger partial charge on any atom is -0.481 e. The molecule has 3 rings (SSSR count). The van der Waals surface area contributed by atoms with Crippen molar-refractivity contribution in [3.8, 4) is 6.07 Å². The topological polar surface area (TPSA) is 103 Å². The Bertz CT molecular complexity index is 998. The summed E-state index contributed by atoms with van der Waals surface area (Å²) in [6.45, 7) is 1.93. The molecule has 0 atom stereocenters. The van der Waals surface area contributed by atoms with E-state index in [1.54, 1.807) is 34.9 Å². The predicted octanol–water partition coefficient (Wildman–Crippen LogP) is 3.56. The van der Waals surface area contributed by atoms with E-state index in [4.69, 9.17) is 10.4 Å². The largest absolute Gasteiger partial charge is 0.481 e. The number of aryl methyl sites for hydroxylation is 1. The van der Waals surface area contributed by atoms with E-state index in [0.717, 1.165) is 5.56 Å². The first-order valence-electron chi connectivity index (χ1n) is 7.18. The summed E-state index contributed by atoms with van der Waals surface area (Å²) in [6.07, 6.45) is 1.52. The Labute approximate surface area is 137 Å². The van der Waals surface area contributed by atoms with E-state index in [0.29, 0.717) is 28.4 Å². The predicted molar refractivity (Wildman–Crippen MR) is 86.6 cm³/mol. The smallest absolute Gasteiger partial charge is 0.309 e. The summed E-state index contributed by atoms with van der Waals surface area (Å²) in [5, 5.41) is 26.5. The van der Waals surface area contributed by atoms with Crippen molar-refractivity contribution < 1.29 is 9.90 Å². The number of nitriles is 1. The second-order valence-corrected chi connectivity index (χ2v) is 5.21. The molecule has 0 amide bonds. The fraction of sp³-hybridized carbons (Fsp3) is 0.118. The fourth-order valence-corrected chi connectivity index (χ4v) is 2.31. The van der Waals surface area contributed by atoms with Gasteiger partial charge in [0.2, 0.25) is 0 Å². The molecule has 0 spiro atoms. The van der Waals surface area contributed by atoms with Gasteiger partial charge in [0, 0.05) is 6.20 Å². The average molecular weight is 319 g/mol. The maximum Gasteiger partial charge on any atom is 0.309 e. The van der Waals surface area contributed by atoms with Gasteiger partial charge in [-0.15, -0.1) is 10.2 Å². The van der Waals surface area contributed by atoms with Gasteiger partial charge >= 0.3 is 5.97 Å². The number of aromatic nitrogens is 2. The van der Waals surface area contributed by atoms with Crippen LogP contribution in [0.5, 0.6) is 0 Å². The Morgan fingerprint density at radius 2 is 2.12 bits per heavy atom. The summed E-state index contributed by atoms with van der Waals surface area (Å²) in [7, 11) is 0. The number of aliphatic carboxylic acids is 1. The zero-order valence-corrected chi connectivity index (χ0v) is 12.8. The number of carboxylic acid groups (broad SMARTS) is 1. The van der Waals surface area contributed by atoms with Crippen molar-refractivity contribution in [1.29, 1.82) is 5.26 Å². The number of rotatable bonds is 4. The molecule has 0 bridgehead atoms.